The molecule has 0 aromatic heterocycles. The highest BCUT2D eigenvalue weighted by atomic mass is 32.2. The smallest absolute Gasteiger partial charge is 0.283 e. The van der Waals surface area contributed by atoms with Crippen LogP contribution in [0.3, 0.4) is 0 Å². The molecule has 1 aliphatic heterocycles. The van der Waals surface area contributed by atoms with Crippen molar-refractivity contribution in [1.82, 2.24) is 0 Å². The average Bonchev–Trinajstić information content (AvgIpc) is 2.91. The molecule has 1 amide bonds. The second kappa shape index (κ2) is 7.36. The van der Waals surface area contributed by atoms with Crippen LogP contribution in [0.25, 0.3) is 6.08 Å². The quantitative estimate of drug-likeness (QED) is 0.785. The fourth-order valence-electron chi connectivity index (χ4n) is 2.41. The molecule has 0 spiro atoms. The lowest BCUT2D eigenvalue weighted by atomic mass is 10.2. The normalized spacial score (nSPS) is 15.8. The van der Waals surface area contributed by atoms with Gasteiger partial charge in [0.05, 0.1) is 12.8 Å². The molecule has 0 bridgehead atoms. The number of aliphatic imine (C=N–C) groups is 1. The average molecular weight is 338 g/mol. The molecule has 4 nitrogen and oxygen atoms in total. The number of methoxy groups -OCH3 is 1. The molecule has 0 N–H and O–H groups in total. The van der Waals surface area contributed by atoms with E-state index >= 15 is 0 Å². The van der Waals surface area contributed by atoms with Gasteiger partial charge in [-0.3, -0.25) is 9.69 Å². The lowest BCUT2D eigenvalue weighted by Crippen LogP contribution is -2.30. The number of carbonyl (C=O) groups excluding carboxylic acids is 1. The maximum atomic E-state index is 12.9. The highest BCUT2D eigenvalue weighted by molar-refractivity contribution is 8.14. The lowest BCUT2D eigenvalue weighted by molar-refractivity contribution is -0.113. The number of ether oxygens (including phenoxy) is 1. The molecule has 1 aliphatic rings. The molecule has 0 saturated heterocycles. The molecule has 0 fully saturated rings. The van der Waals surface area contributed by atoms with Crippen molar-refractivity contribution in [2.45, 2.75) is 6.92 Å². The molecule has 122 valence electrons. The van der Waals surface area contributed by atoms with Crippen LogP contribution < -0.4 is 9.64 Å². The second-order valence-corrected chi connectivity index (χ2v) is 6.34. The number of amidine groups is 1. The van der Waals surface area contributed by atoms with Gasteiger partial charge in [-0.2, -0.15) is 0 Å². The molecular formula is C19H18N2O2S. The van der Waals surface area contributed by atoms with E-state index in [1.54, 1.807) is 23.8 Å². The fraction of sp³-hybridized carbons (Fsp3) is 0.158. The Balaban J connectivity index is 1.99. The first-order valence-electron chi connectivity index (χ1n) is 7.69. The zero-order valence-corrected chi connectivity index (χ0v) is 14.4. The van der Waals surface area contributed by atoms with Crippen molar-refractivity contribution in [3.8, 4) is 5.75 Å². The molecule has 3 rings (SSSR count). The van der Waals surface area contributed by atoms with Crippen molar-refractivity contribution >= 4 is 34.6 Å². The minimum absolute atomic E-state index is 0.122. The zero-order chi connectivity index (χ0) is 16.9. The summed E-state index contributed by atoms with van der Waals surface area (Å²) in [5.41, 5.74) is 2.16. The number of rotatable bonds is 4. The number of hydrogen-bond acceptors (Lipinski definition) is 4. The Morgan fingerprint density at radius 2 is 1.96 bits per heavy atom. The van der Waals surface area contributed by atoms with Gasteiger partial charge in [0, 0.05) is 6.07 Å². The predicted molar refractivity (Wildman–Crippen MR) is 100 cm³/mol. The summed E-state index contributed by atoms with van der Waals surface area (Å²) >= 11 is 1.55. The number of thioether (sulfide) groups is 1. The van der Waals surface area contributed by atoms with Crippen molar-refractivity contribution in [3.05, 3.63) is 65.9 Å². The molecule has 0 aliphatic carbocycles. The van der Waals surface area contributed by atoms with E-state index in [2.05, 4.69) is 4.99 Å². The third-order valence-electron chi connectivity index (χ3n) is 3.52. The lowest BCUT2D eigenvalue weighted by Gasteiger charge is -2.18. The van der Waals surface area contributed by atoms with Crippen molar-refractivity contribution in [2.24, 2.45) is 4.99 Å². The standard InChI is InChI=1S/C19H18N2O2S/c1-3-24-19-20-17(12-14-8-5-4-6-9-14)18(22)21(19)15-10-7-11-16(13-15)23-2/h4-13H,3H2,1-2H3/b17-12+. The van der Waals surface area contributed by atoms with Crippen LogP contribution in [-0.4, -0.2) is 23.9 Å². The van der Waals surface area contributed by atoms with Crippen LogP contribution in [0.1, 0.15) is 12.5 Å². The summed E-state index contributed by atoms with van der Waals surface area (Å²) in [6.45, 7) is 2.04. The molecule has 2 aromatic rings. The predicted octanol–water partition coefficient (Wildman–Crippen LogP) is 4.19. The summed E-state index contributed by atoms with van der Waals surface area (Å²) in [4.78, 5) is 19.1. The fourth-order valence-corrected chi connectivity index (χ4v) is 3.15. The van der Waals surface area contributed by atoms with Gasteiger partial charge >= 0.3 is 0 Å². The van der Waals surface area contributed by atoms with Gasteiger partial charge in [0.2, 0.25) is 0 Å². The highest BCUT2D eigenvalue weighted by Crippen LogP contribution is 2.31. The van der Waals surface area contributed by atoms with Crippen LogP contribution in [0.5, 0.6) is 5.75 Å². The number of hydrogen-bond donors (Lipinski definition) is 0. The first-order chi connectivity index (χ1) is 11.7. The number of nitrogens with zero attached hydrogens (tertiary/aromatic N) is 2. The van der Waals surface area contributed by atoms with Crippen LogP contribution in [0.15, 0.2) is 65.3 Å². The van der Waals surface area contributed by atoms with E-state index in [1.807, 2.05) is 67.6 Å². The van der Waals surface area contributed by atoms with Crippen molar-refractivity contribution < 1.29 is 9.53 Å². The molecule has 0 unspecified atom stereocenters. The van der Waals surface area contributed by atoms with E-state index in [0.29, 0.717) is 16.6 Å². The van der Waals surface area contributed by atoms with E-state index in [4.69, 9.17) is 4.74 Å². The third-order valence-corrected chi connectivity index (χ3v) is 4.34. The van der Waals surface area contributed by atoms with E-state index in [9.17, 15) is 4.79 Å². The highest BCUT2D eigenvalue weighted by Gasteiger charge is 2.31. The van der Waals surface area contributed by atoms with E-state index < -0.39 is 0 Å². The Hall–Kier alpha value is -2.53. The minimum atomic E-state index is -0.122. The maximum Gasteiger partial charge on any atom is 0.283 e. The Kier molecular flexibility index (Phi) is 5.01. The number of benzene rings is 2. The summed E-state index contributed by atoms with van der Waals surface area (Å²) in [5, 5.41) is 0.693. The summed E-state index contributed by atoms with van der Waals surface area (Å²) in [5.74, 6) is 1.43. The van der Waals surface area contributed by atoms with Gasteiger partial charge in [0.25, 0.3) is 5.91 Å². The summed E-state index contributed by atoms with van der Waals surface area (Å²) < 4.78 is 5.27. The first-order valence-corrected chi connectivity index (χ1v) is 8.68. The van der Waals surface area contributed by atoms with Crippen molar-refractivity contribution in [2.75, 3.05) is 17.8 Å². The van der Waals surface area contributed by atoms with Gasteiger partial charge in [0.15, 0.2) is 5.17 Å². The summed E-state index contributed by atoms with van der Waals surface area (Å²) in [6, 6.07) is 17.2. The number of carbonyl (C=O) groups is 1. The van der Waals surface area contributed by atoms with Gasteiger partial charge in [-0.15, -0.1) is 0 Å². The van der Waals surface area contributed by atoms with Crippen LogP contribution >= 0.6 is 11.8 Å². The molecule has 0 radical (unpaired) electrons. The number of anilines is 1. The molecule has 1 heterocycles. The van der Waals surface area contributed by atoms with Crippen LogP contribution in [0.2, 0.25) is 0 Å². The van der Waals surface area contributed by atoms with Crippen molar-refractivity contribution in [1.29, 1.82) is 0 Å². The Bertz CT molecular complexity index is 800. The molecule has 24 heavy (non-hydrogen) atoms. The minimum Gasteiger partial charge on any atom is -0.497 e. The molecule has 0 saturated carbocycles. The van der Waals surface area contributed by atoms with E-state index in [0.717, 1.165) is 17.0 Å². The van der Waals surface area contributed by atoms with Crippen molar-refractivity contribution in [3.63, 3.8) is 0 Å². The topological polar surface area (TPSA) is 41.9 Å². The van der Waals surface area contributed by atoms with Crippen LogP contribution in [-0.2, 0) is 4.79 Å². The number of amides is 1. The van der Waals surface area contributed by atoms with Gasteiger partial charge in [-0.1, -0.05) is 55.1 Å². The van der Waals surface area contributed by atoms with Gasteiger partial charge in [-0.25, -0.2) is 4.99 Å². The third kappa shape index (κ3) is 3.36. The summed E-state index contributed by atoms with van der Waals surface area (Å²) in [6.07, 6.45) is 1.82. The molecular weight excluding hydrogens is 320 g/mol. The van der Waals surface area contributed by atoms with Gasteiger partial charge in [-0.05, 0) is 29.5 Å². The summed E-state index contributed by atoms with van der Waals surface area (Å²) in [7, 11) is 1.61. The maximum absolute atomic E-state index is 12.9. The van der Waals surface area contributed by atoms with E-state index in [1.165, 1.54) is 0 Å². The van der Waals surface area contributed by atoms with E-state index in [-0.39, 0.29) is 5.91 Å². The van der Waals surface area contributed by atoms with Crippen LogP contribution in [0.4, 0.5) is 5.69 Å². The SMILES string of the molecule is CCSC1=N/C(=C/c2ccccc2)C(=O)N1c1cccc(OC)c1. The Labute approximate surface area is 145 Å². The molecule has 2 aromatic carbocycles. The monoisotopic (exact) mass is 338 g/mol. The zero-order valence-electron chi connectivity index (χ0n) is 13.6. The second-order valence-electron chi connectivity index (χ2n) is 5.11. The Morgan fingerprint density at radius 3 is 2.67 bits per heavy atom. The van der Waals surface area contributed by atoms with Gasteiger partial charge < -0.3 is 4.74 Å². The van der Waals surface area contributed by atoms with Crippen LogP contribution in [0, 0.1) is 0 Å². The molecule has 5 heteroatoms. The largest absolute Gasteiger partial charge is 0.497 e. The molecule has 0 atom stereocenters. The van der Waals surface area contributed by atoms with Gasteiger partial charge in [0.1, 0.15) is 11.4 Å². The Morgan fingerprint density at radius 1 is 1.17 bits per heavy atom. The first kappa shape index (κ1) is 16.3.